The van der Waals surface area contributed by atoms with Gasteiger partial charge in [-0.25, -0.2) is 4.98 Å². The molecule has 0 saturated heterocycles. The van der Waals surface area contributed by atoms with Crippen molar-refractivity contribution in [3.63, 3.8) is 0 Å². The Balaban J connectivity index is 2.58. The minimum atomic E-state index is -0.952. The summed E-state index contributed by atoms with van der Waals surface area (Å²) < 4.78 is 6.94. The largest absolute Gasteiger partial charge is 0.383 e. The van der Waals surface area contributed by atoms with Crippen molar-refractivity contribution in [2.75, 3.05) is 26.8 Å². The maximum atomic E-state index is 10.4. The molecule has 0 aliphatic rings. The van der Waals surface area contributed by atoms with E-state index >= 15 is 0 Å². The van der Waals surface area contributed by atoms with Gasteiger partial charge < -0.3 is 19.7 Å². The molecule has 0 amide bonds. The summed E-state index contributed by atoms with van der Waals surface area (Å²) in [6.45, 7) is 6.60. The van der Waals surface area contributed by atoms with Crippen LogP contribution in [0.1, 0.15) is 26.1 Å². The van der Waals surface area contributed by atoms with E-state index in [9.17, 15) is 5.11 Å². The van der Waals surface area contributed by atoms with Crippen LogP contribution in [0.2, 0.25) is 0 Å². The Bertz CT molecular complexity index is 323. The molecule has 1 atom stereocenters. The van der Waals surface area contributed by atoms with Crippen molar-refractivity contribution >= 4 is 0 Å². The van der Waals surface area contributed by atoms with Gasteiger partial charge in [-0.3, -0.25) is 0 Å². The molecule has 17 heavy (non-hydrogen) atoms. The number of aliphatic hydroxyl groups is 1. The second kappa shape index (κ2) is 6.74. The molecule has 2 N–H and O–H groups in total. The van der Waals surface area contributed by atoms with E-state index in [-0.39, 0.29) is 0 Å². The van der Waals surface area contributed by atoms with Crippen molar-refractivity contribution in [1.82, 2.24) is 14.9 Å². The summed E-state index contributed by atoms with van der Waals surface area (Å²) in [7, 11) is 1.66. The number of aromatic nitrogens is 2. The van der Waals surface area contributed by atoms with Gasteiger partial charge in [0.2, 0.25) is 0 Å². The first-order chi connectivity index (χ1) is 8.11. The SMILES string of the molecule is CCCn1ccnc1C(C)(O)CNCCOC. The number of hydrogen-bond acceptors (Lipinski definition) is 4. The predicted octanol–water partition coefficient (Wildman–Crippen LogP) is 0.737. The number of aryl methyl sites for hydroxylation is 1. The van der Waals surface area contributed by atoms with Crippen LogP contribution in [0.15, 0.2) is 12.4 Å². The third kappa shape index (κ3) is 4.11. The van der Waals surface area contributed by atoms with Gasteiger partial charge in [-0.15, -0.1) is 0 Å². The normalized spacial score (nSPS) is 14.8. The Kier molecular flexibility index (Phi) is 5.61. The van der Waals surface area contributed by atoms with Crippen LogP contribution < -0.4 is 5.32 Å². The molecule has 0 bridgehead atoms. The summed E-state index contributed by atoms with van der Waals surface area (Å²) in [4.78, 5) is 4.25. The summed E-state index contributed by atoms with van der Waals surface area (Å²) in [5.74, 6) is 0.712. The Hall–Kier alpha value is -0.910. The van der Waals surface area contributed by atoms with Crippen molar-refractivity contribution in [2.45, 2.75) is 32.4 Å². The molecular formula is C12H23N3O2. The fourth-order valence-electron chi connectivity index (χ4n) is 1.78. The lowest BCUT2D eigenvalue weighted by Gasteiger charge is -2.24. The van der Waals surface area contributed by atoms with Crippen LogP contribution in [-0.2, 0) is 16.9 Å². The monoisotopic (exact) mass is 241 g/mol. The van der Waals surface area contributed by atoms with Crippen molar-refractivity contribution in [3.05, 3.63) is 18.2 Å². The fourth-order valence-corrected chi connectivity index (χ4v) is 1.78. The average molecular weight is 241 g/mol. The molecule has 0 aliphatic heterocycles. The first kappa shape index (κ1) is 14.2. The van der Waals surface area contributed by atoms with Crippen LogP contribution in [0.25, 0.3) is 0 Å². The van der Waals surface area contributed by atoms with Crippen molar-refractivity contribution in [1.29, 1.82) is 0 Å². The average Bonchev–Trinajstić information content (AvgIpc) is 2.74. The zero-order chi connectivity index (χ0) is 12.7. The highest BCUT2D eigenvalue weighted by atomic mass is 16.5. The minimum absolute atomic E-state index is 0.469. The number of imidazole rings is 1. The van der Waals surface area contributed by atoms with Crippen LogP contribution in [-0.4, -0.2) is 41.5 Å². The molecule has 1 aromatic heterocycles. The lowest BCUT2D eigenvalue weighted by Crippen LogP contribution is -2.39. The molecule has 1 aromatic rings. The molecule has 5 heteroatoms. The predicted molar refractivity (Wildman–Crippen MR) is 66.8 cm³/mol. The molecule has 1 heterocycles. The van der Waals surface area contributed by atoms with Gasteiger partial charge in [0.25, 0.3) is 0 Å². The fraction of sp³-hybridized carbons (Fsp3) is 0.750. The van der Waals surface area contributed by atoms with E-state index in [0.29, 0.717) is 19.0 Å². The Labute approximate surface area is 103 Å². The highest BCUT2D eigenvalue weighted by Crippen LogP contribution is 2.18. The van der Waals surface area contributed by atoms with Gasteiger partial charge in [0.05, 0.1) is 6.61 Å². The third-order valence-electron chi connectivity index (χ3n) is 2.61. The van der Waals surface area contributed by atoms with Crippen LogP contribution in [0, 0.1) is 0 Å². The topological polar surface area (TPSA) is 59.3 Å². The molecule has 0 spiro atoms. The number of methoxy groups -OCH3 is 1. The molecule has 5 nitrogen and oxygen atoms in total. The lowest BCUT2D eigenvalue weighted by molar-refractivity contribution is 0.0422. The second-order valence-electron chi connectivity index (χ2n) is 4.39. The van der Waals surface area contributed by atoms with Gasteiger partial charge >= 0.3 is 0 Å². The molecule has 1 unspecified atom stereocenters. The van der Waals surface area contributed by atoms with Crippen LogP contribution >= 0.6 is 0 Å². The number of rotatable bonds is 8. The van der Waals surface area contributed by atoms with Gasteiger partial charge in [0.1, 0.15) is 11.4 Å². The molecule has 0 aliphatic carbocycles. The van der Waals surface area contributed by atoms with Gasteiger partial charge in [0, 0.05) is 39.1 Å². The van der Waals surface area contributed by atoms with E-state index in [1.54, 1.807) is 20.2 Å². The zero-order valence-electron chi connectivity index (χ0n) is 10.9. The van der Waals surface area contributed by atoms with E-state index < -0.39 is 5.60 Å². The molecular weight excluding hydrogens is 218 g/mol. The molecule has 0 aromatic carbocycles. The molecule has 1 rings (SSSR count). The van der Waals surface area contributed by atoms with Gasteiger partial charge in [-0.1, -0.05) is 6.92 Å². The highest BCUT2D eigenvalue weighted by molar-refractivity contribution is 5.04. The van der Waals surface area contributed by atoms with Gasteiger partial charge in [-0.05, 0) is 13.3 Å². The van der Waals surface area contributed by atoms with E-state index in [4.69, 9.17) is 4.74 Å². The smallest absolute Gasteiger partial charge is 0.141 e. The van der Waals surface area contributed by atoms with Crippen LogP contribution in [0.3, 0.4) is 0 Å². The number of ether oxygens (including phenoxy) is 1. The summed E-state index contributed by atoms with van der Waals surface area (Å²) in [5, 5.41) is 13.6. The van der Waals surface area contributed by atoms with Gasteiger partial charge in [-0.2, -0.15) is 0 Å². The quantitative estimate of drug-likeness (QED) is 0.659. The van der Waals surface area contributed by atoms with E-state index in [1.165, 1.54) is 0 Å². The lowest BCUT2D eigenvalue weighted by atomic mass is 10.1. The Morgan fingerprint density at radius 3 is 3.00 bits per heavy atom. The number of nitrogens with zero attached hydrogens (tertiary/aromatic N) is 2. The highest BCUT2D eigenvalue weighted by Gasteiger charge is 2.27. The number of nitrogens with one attached hydrogen (secondary N) is 1. The van der Waals surface area contributed by atoms with Crippen molar-refractivity contribution in [2.24, 2.45) is 0 Å². The first-order valence-corrected chi connectivity index (χ1v) is 6.05. The van der Waals surface area contributed by atoms with Crippen molar-refractivity contribution in [3.8, 4) is 0 Å². The third-order valence-corrected chi connectivity index (χ3v) is 2.61. The standard InChI is InChI=1S/C12H23N3O2/c1-4-7-15-8-5-14-11(15)12(2,16)10-13-6-9-17-3/h5,8,13,16H,4,6-7,9-10H2,1-3H3. The maximum Gasteiger partial charge on any atom is 0.141 e. The summed E-state index contributed by atoms with van der Waals surface area (Å²) in [6.07, 6.45) is 4.66. The Morgan fingerprint density at radius 2 is 2.35 bits per heavy atom. The summed E-state index contributed by atoms with van der Waals surface area (Å²) in [6, 6.07) is 0. The summed E-state index contributed by atoms with van der Waals surface area (Å²) >= 11 is 0. The van der Waals surface area contributed by atoms with Crippen LogP contribution in [0.5, 0.6) is 0 Å². The molecule has 98 valence electrons. The molecule has 0 radical (unpaired) electrons. The maximum absolute atomic E-state index is 10.4. The molecule has 0 saturated carbocycles. The Morgan fingerprint density at radius 1 is 1.59 bits per heavy atom. The van der Waals surface area contributed by atoms with E-state index in [1.807, 2.05) is 10.8 Å². The minimum Gasteiger partial charge on any atom is -0.383 e. The van der Waals surface area contributed by atoms with Gasteiger partial charge in [0.15, 0.2) is 0 Å². The summed E-state index contributed by atoms with van der Waals surface area (Å²) in [5.41, 5.74) is -0.952. The second-order valence-corrected chi connectivity index (χ2v) is 4.39. The van der Waals surface area contributed by atoms with Crippen LogP contribution in [0.4, 0.5) is 0 Å². The number of hydrogen-bond donors (Lipinski definition) is 2. The zero-order valence-corrected chi connectivity index (χ0v) is 10.9. The van der Waals surface area contributed by atoms with E-state index in [0.717, 1.165) is 19.5 Å². The first-order valence-electron chi connectivity index (χ1n) is 6.05. The molecule has 0 fully saturated rings. The van der Waals surface area contributed by atoms with Crippen molar-refractivity contribution < 1.29 is 9.84 Å². The van der Waals surface area contributed by atoms with E-state index in [2.05, 4.69) is 17.2 Å².